The van der Waals surface area contributed by atoms with Crippen molar-refractivity contribution in [2.24, 2.45) is 0 Å². The molecule has 0 bridgehead atoms. The van der Waals surface area contributed by atoms with Crippen LogP contribution < -0.4 is 5.56 Å². The number of fused-ring (bicyclic) bond motifs is 1. The monoisotopic (exact) mass is 324 g/mol. The smallest absolute Gasteiger partial charge is 0.247 e. The Bertz CT molecular complexity index is 1080. The number of benzene rings is 1. The molecule has 0 aliphatic rings. The Balaban J connectivity index is 1.73. The number of halogens is 2. The molecular weight excluding hydrogens is 314 g/mol. The summed E-state index contributed by atoms with van der Waals surface area (Å²) >= 11 is 0. The van der Waals surface area contributed by atoms with Gasteiger partial charge < -0.3 is 9.97 Å². The molecule has 2 N–H and O–H groups in total. The lowest BCUT2D eigenvalue weighted by Crippen LogP contribution is -2.01. The maximum atomic E-state index is 13.7. The first kappa shape index (κ1) is 14.3. The van der Waals surface area contributed by atoms with Crippen LogP contribution in [0.25, 0.3) is 33.7 Å². The van der Waals surface area contributed by atoms with Crippen molar-refractivity contribution in [1.29, 1.82) is 0 Å². The van der Waals surface area contributed by atoms with E-state index >= 15 is 0 Å². The normalized spacial score (nSPS) is 11.1. The molecule has 0 unspecified atom stereocenters. The van der Waals surface area contributed by atoms with E-state index in [1.165, 1.54) is 12.1 Å². The van der Waals surface area contributed by atoms with Crippen molar-refractivity contribution in [3.8, 4) is 22.6 Å². The van der Waals surface area contributed by atoms with Crippen LogP contribution in [0.2, 0.25) is 0 Å². The lowest BCUT2D eigenvalue weighted by Gasteiger charge is -2.01. The molecule has 3 aromatic heterocycles. The zero-order chi connectivity index (χ0) is 16.7. The minimum absolute atomic E-state index is 0.0797. The van der Waals surface area contributed by atoms with E-state index in [4.69, 9.17) is 0 Å². The predicted octanol–water partition coefficient (Wildman–Crippen LogP) is 3.26. The molecule has 0 fully saturated rings. The van der Waals surface area contributed by atoms with Gasteiger partial charge in [-0.2, -0.15) is 0 Å². The molecule has 0 saturated heterocycles. The maximum absolute atomic E-state index is 13.7. The predicted molar refractivity (Wildman–Crippen MR) is 85.3 cm³/mol. The molecule has 0 radical (unpaired) electrons. The summed E-state index contributed by atoms with van der Waals surface area (Å²) in [7, 11) is 0. The highest BCUT2D eigenvalue weighted by atomic mass is 19.1. The van der Waals surface area contributed by atoms with Crippen molar-refractivity contribution in [3.63, 3.8) is 0 Å². The Morgan fingerprint density at radius 2 is 1.83 bits per heavy atom. The number of nitrogens with zero attached hydrogens (tertiary/aromatic N) is 2. The molecule has 0 saturated carbocycles. The Labute approximate surface area is 134 Å². The molecular formula is C17H10F2N4O. The largest absolute Gasteiger partial charge is 0.338 e. The number of hydrogen-bond donors (Lipinski definition) is 2. The number of hydrogen-bond acceptors (Lipinski definition) is 3. The van der Waals surface area contributed by atoms with Gasteiger partial charge in [-0.25, -0.2) is 13.8 Å². The summed E-state index contributed by atoms with van der Waals surface area (Å²) in [5.41, 5.74) is 2.25. The highest BCUT2D eigenvalue weighted by molar-refractivity contribution is 5.80. The van der Waals surface area contributed by atoms with Crippen LogP contribution in [0.1, 0.15) is 0 Å². The van der Waals surface area contributed by atoms with E-state index in [-0.39, 0.29) is 16.6 Å². The van der Waals surface area contributed by atoms with Crippen LogP contribution >= 0.6 is 0 Å². The second-order valence-corrected chi connectivity index (χ2v) is 5.24. The second kappa shape index (κ2) is 5.38. The molecule has 0 aliphatic heterocycles. The first-order valence-electron chi connectivity index (χ1n) is 7.10. The Kier molecular flexibility index (Phi) is 3.19. The summed E-state index contributed by atoms with van der Waals surface area (Å²) in [5, 5.41) is 0. The zero-order valence-corrected chi connectivity index (χ0v) is 12.2. The van der Waals surface area contributed by atoms with Crippen LogP contribution in [-0.2, 0) is 0 Å². The maximum Gasteiger partial charge on any atom is 0.247 e. The molecule has 0 atom stereocenters. The van der Waals surface area contributed by atoms with Crippen LogP contribution in [0.15, 0.2) is 53.6 Å². The van der Waals surface area contributed by atoms with Gasteiger partial charge in [-0.3, -0.25) is 9.78 Å². The van der Waals surface area contributed by atoms with Crippen molar-refractivity contribution in [3.05, 3.63) is 70.8 Å². The topological polar surface area (TPSA) is 74.4 Å². The zero-order valence-electron chi connectivity index (χ0n) is 12.2. The third-order valence-electron chi connectivity index (χ3n) is 3.62. The number of pyridine rings is 2. The van der Waals surface area contributed by atoms with E-state index in [0.717, 1.165) is 11.6 Å². The Morgan fingerprint density at radius 1 is 1.00 bits per heavy atom. The number of rotatable bonds is 2. The molecule has 7 heteroatoms. The van der Waals surface area contributed by atoms with E-state index in [0.29, 0.717) is 17.1 Å². The number of H-pyrrole nitrogens is 2. The van der Waals surface area contributed by atoms with E-state index < -0.39 is 11.6 Å². The molecule has 4 aromatic rings. The van der Waals surface area contributed by atoms with E-state index in [1.807, 2.05) is 0 Å². The molecule has 0 aliphatic carbocycles. The number of aromatic nitrogens is 4. The standard InChI is InChI=1S/C17H10F2N4O/c18-11-5-12(19)16-14(6-11)22-17(23-16)10-1-3-13(20-8-10)9-2-4-15(24)21-7-9/h1-8H,(H,21,24)(H,22,23). The van der Waals surface area contributed by atoms with E-state index in [1.54, 1.807) is 30.6 Å². The molecule has 3 heterocycles. The van der Waals surface area contributed by atoms with Gasteiger partial charge in [0.15, 0.2) is 5.82 Å². The van der Waals surface area contributed by atoms with Gasteiger partial charge in [0.05, 0.1) is 11.2 Å². The summed E-state index contributed by atoms with van der Waals surface area (Å²) in [4.78, 5) is 25.0. The van der Waals surface area contributed by atoms with Gasteiger partial charge in [0.2, 0.25) is 5.56 Å². The van der Waals surface area contributed by atoms with Gasteiger partial charge >= 0.3 is 0 Å². The van der Waals surface area contributed by atoms with Crippen LogP contribution in [-0.4, -0.2) is 19.9 Å². The summed E-state index contributed by atoms with van der Waals surface area (Å²) in [6, 6.07) is 8.59. The average molecular weight is 324 g/mol. The Morgan fingerprint density at radius 3 is 2.54 bits per heavy atom. The molecule has 1 aromatic carbocycles. The van der Waals surface area contributed by atoms with Crippen LogP contribution in [0, 0.1) is 11.6 Å². The van der Waals surface area contributed by atoms with Crippen molar-refractivity contribution in [2.45, 2.75) is 0 Å². The fourth-order valence-electron chi connectivity index (χ4n) is 2.45. The second-order valence-electron chi connectivity index (χ2n) is 5.24. The molecule has 0 amide bonds. The third-order valence-corrected chi connectivity index (χ3v) is 3.62. The summed E-state index contributed by atoms with van der Waals surface area (Å²) in [6.45, 7) is 0. The van der Waals surface area contributed by atoms with Crippen LogP contribution in [0.5, 0.6) is 0 Å². The van der Waals surface area contributed by atoms with Gasteiger partial charge in [0, 0.05) is 35.7 Å². The fraction of sp³-hybridized carbons (Fsp3) is 0. The minimum atomic E-state index is -0.717. The summed E-state index contributed by atoms with van der Waals surface area (Å²) in [6.07, 6.45) is 3.15. The lowest BCUT2D eigenvalue weighted by atomic mass is 10.1. The highest BCUT2D eigenvalue weighted by Crippen LogP contribution is 2.24. The summed E-state index contributed by atoms with van der Waals surface area (Å²) < 4.78 is 27.0. The van der Waals surface area contributed by atoms with Crippen molar-refractivity contribution >= 4 is 11.0 Å². The molecule has 5 nitrogen and oxygen atoms in total. The number of aromatic amines is 2. The fourth-order valence-corrected chi connectivity index (χ4v) is 2.45. The summed E-state index contributed by atoms with van der Waals surface area (Å²) in [5.74, 6) is -0.984. The molecule has 24 heavy (non-hydrogen) atoms. The molecule has 0 spiro atoms. The minimum Gasteiger partial charge on any atom is -0.338 e. The lowest BCUT2D eigenvalue weighted by molar-refractivity contribution is 0.591. The number of nitrogens with one attached hydrogen (secondary N) is 2. The van der Waals surface area contributed by atoms with E-state index in [2.05, 4.69) is 19.9 Å². The van der Waals surface area contributed by atoms with Crippen LogP contribution in [0.3, 0.4) is 0 Å². The van der Waals surface area contributed by atoms with E-state index in [9.17, 15) is 13.6 Å². The quantitative estimate of drug-likeness (QED) is 0.594. The van der Waals surface area contributed by atoms with Crippen molar-refractivity contribution < 1.29 is 8.78 Å². The first-order valence-corrected chi connectivity index (χ1v) is 7.10. The molecule has 4 rings (SSSR count). The van der Waals surface area contributed by atoms with Crippen LogP contribution in [0.4, 0.5) is 8.78 Å². The number of imidazole rings is 1. The van der Waals surface area contributed by atoms with Gasteiger partial charge in [-0.15, -0.1) is 0 Å². The van der Waals surface area contributed by atoms with Crippen molar-refractivity contribution in [2.75, 3.05) is 0 Å². The SMILES string of the molecule is O=c1ccc(-c2ccc(-c3nc4c(F)cc(F)cc4[nH]3)cn2)c[nH]1. The molecule has 118 valence electrons. The van der Waals surface area contributed by atoms with Gasteiger partial charge in [0.25, 0.3) is 0 Å². The average Bonchev–Trinajstić information content (AvgIpc) is 3.00. The van der Waals surface area contributed by atoms with Crippen molar-refractivity contribution in [1.82, 2.24) is 19.9 Å². The van der Waals surface area contributed by atoms with Gasteiger partial charge in [-0.05, 0) is 24.3 Å². The highest BCUT2D eigenvalue weighted by Gasteiger charge is 2.11. The first-order chi connectivity index (χ1) is 11.6. The van der Waals surface area contributed by atoms with Gasteiger partial charge in [-0.1, -0.05) is 0 Å². The third kappa shape index (κ3) is 2.45. The van der Waals surface area contributed by atoms with Gasteiger partial charge in [0.1, 0.15) is 17.2 Å². The Hall–Kier alpha value is -3.35.